The van der Waals surface area contributed by atoms with Gasteiger partial charge in [-0.25, -0.2) is 0 Å². The van der Waals surface area contributed by atoms with Crippen LogP contribution in [-0.2, 0) is 0 Å². The average molecular weight is 363 g/mol. The van der Waals surface area contributed by atoms with Crippen LogP contribution < -0.4 is 0 Å². The first kappa shape index (κ1) is 15.9. The molecule has 0 spiro atoms. The van der Waals surface area contributed by atoms with Crippen LogP contribution in [0, 0.1) is 11.8 Å². The van der Waals surface area contributed by atoms with Crippen LogP contribution in [-0.4, -0.2) is 35.3 Å². The van der Waals surface area contributed by atoms with E-state index in [1.54, 1.807) is 0 Å². The highest BCUT2D eigenvalue weighted by Crippen LogP contribution is 2.43. The number of hydrogen-bond acceptors (Lipinski definition) is 2. The van der Waals surface area contributed by atoms with Crippen LogP contribution in [0.3, 0.4) is 0 Å². The summed E-state index contributed by atoms with van der Waals surface area (Å²) >= 11 is 0. The molecular formula is C14H22INO2. The Bertz CT molecular complexity index is 389. The summed E-state index contributed by atoms with van der Waals surface area (Å²) in [6.45, 7) is 1.00. The predicted octanol–water partition coefficient (Wildman–Crippen LogP) is 1.88. The molecule has 1 heterocycles. The third-order valence-corrected chi connectivity index (χ3v) is 4.24. The van der Waals surface area contributed by atoms with Gasteiger partial charge in [-0.3, -0.25) is 4.90 Å². The van der Waals surface area contributed by atoms with E-state index in [9.17, 15) is 5.11 Å². The van der Waals surface area contributed by atoms with Gasteiger partial charge in [-0.15, -0.1) is 24.0 Å². The summed E-state index contributed by atoms with van der Waals surface area (Å²) in [6.07, 6.45) is 12.1. The molecule has 1 fully saturated rings. The maximum atomic E-state index is 10.1. The van der Waals surface area contributed by atoms with Gasteiger partial charge in [-0.05, 0) is 37.5 Å². The normalized spacial score (nSPS) is 34.2. The lowest BCUT2D eigenvalue weighted by atomic mass is 9.76. The topological polar surface area (TPSA) is 55.0 Å². The monoisotopic (exact) mass is 363 g/mol. The van der Waals surface area contributed by atoms with Gasteiger partial charge in [0.15, 0.2) is 0 Å². The smallest absolute Gasteiger partial charge is 0.110 e. The minimum Gasteiger partial charge on any atom is -0.412 e. The van der Waals surface area contributed by atoms with Gasteiger partial charge in [0, 0.05) is 18.4 Å². The van der Waals surface area contributed by atoms with E-state index >= 15 is 0 Å². The predicted molar refractivity (Wildman–Crippen MR) is 83.8 cm³/mol. The van der Waals surface area contributed by atoms with Gasteiger partial charge in [0.25, 0.3) is 0 Å². The number of aliphatic hydroxyl groups excluding tert-OH is 1. The molecule has 2 aliphatic carbocycles. The minimum atomic E-state index is -0.236. The Balaban J connectivity index is 0.000000810. The summed E-state index contributed by atoms with van der Waals surface area (Å²) in [5.74, 6) is 0.989. The van der Waals surface area contributed by atoms with Crippen LogP contribution in [0.25, 0.3) is 0 Å². The van der Waals surface area contributed by atoms with Gasteiger partial charge < -0.3 is 10.6 Å². The molecule has 4 heteroatoms. The SMILES string of the molecule is CN1CC2C3=C(C=CCC=C3)CCC2[C@@H]1O.I.O. The maximum Gasteiger partial charge on any atom is 0.110 e. The lowest BCUT2D eigenvalue weighted by Gasteiger charge is -2.29. The molecular weight excluding hydrogens is 341 g/mol. The van der Waals surface area contributed by atoms with E-state index in [1.165, 1.54) is 11.1 Å². The fraction of sp³-hybridized carbons (Fsp3) is 0.571. The molecule has 1 saturated heterocycles. The molecule has 0 aromatic carbocycles. The van der Waals surface area contributed by atoms with E-state index in [4.69, 9.17) is 0 Å². The molecule has 3 N–H and O–H groups in total. The number of aliphatic hydroxyl groups is 1. The summed E-state index contributed by atoms with van der Waals surface area (Å²) in [6, 6.07) is 0. The highest BCUT2D eigenvalue weighted by Gasteiger charge is 2.42. The quantitative estimate of drug-likeness (QED) is 0.669. The summed E-state index contributed by atoms with van der Waals surface area (Å²) in [7, 11) is 2.03. The van der Waals surface area contributed by atoms with Crippen molar-refractivity contribution in [2.45, 2.75) is 25.5 Å². The Kier molecular flexibility index (Phi) is 5.58. The first-order chi connectivity index (χ1) is 7.77. The molecule has 1 aliphatic heterocycles. The molecule has 18 heavy (non-hydrogen) atoms. The molecule has 0 bridgehead atoms. The van der Waals surface area contributed by atoms with Crippen LogP contribution in [0.15, 0.2) is 35.5 Å². The van der Waals surface area contributed by atoms with E-state index < -0.39 is 0 Å². The van der Waals surface area contributed by atoms with Crippen LogP contribution in [0.5, 0.6) is 0 Å². The van der Waals surface area contributed by atoms with E-state index in [0.717, 1.165) is 25.8 Å². The molecule has 102 valence electrons. The van der Waals surface area contributed by atoms with Crippen molar-refractivity contribution < 1.29 is 10.6 Å². The lowest BCUT2D eigenvalue weighted by molar-refractivity contribution is 0.0184. The molecule has 0 radical (unpaired) electrons. The van der Waals surface area contributed by atoms with Crippen molar-refractivity contribution in [3.8, 4) is 0 Å². The highest BCUT2D eigenvalue weighted by molar-refractivity contribution is 14.0. The van der Waals surface area contributed by atoms with E-state index in [0.29, 0.717) is 11.8 Å². The van der Waals surface area contributed by atoms with Gasteiger partial charge in [0.1, 0.15) is 6.23 Å². The second kappa shape index (κ2) is 6.32. The van der Waals surface area contributed by atoms with Gasteiger partial charge in [0.05, 0.1) is 0 Å². The van der Waals surface area contributed by atoms with Crippen molar-refractivity contribution in [1.82, 2.24) is 4.90 Å². The zero-order valence-electron chi connectivity index (χ0n) is 10.7. The van der Waals surface area contributed by atoms with Gasteiger partial charge >= 0.3 is 0 Å². The molecule has 3 rings (SSSR count). The maximum absolute atomic E-state index is 10.1. The van der Waals surface area contributed by atoms with Crippen molar-refractivity contribution in [3.63, 3.8) is 0 Å². The molecule has 3 nitrogen and oxygen atoms in total. The fourth-order valence-corrected chi connectivity index (χ4v) is 3.37. The fourth-order valence-electron chi connectivity index (χ4n) is 3.37. The third-order valence-electron chi connectivity index (χ3n) is 4.24. The van der Waals surface area contributed by atoms with Crippen molar-refractivity contribution in [3.05, 3.63) is 35.5 Å². The lowest BCUT2D eigenvalue weighted by Crippen LogP contribution is -2.29. The third kappa shape index (κ3) is 2.57. The molecule has 0 amide bonds. The summed E-state index contributed by atoms with van der Waals surface area (Å²) in [5.41, 5.74) is 2.98. The largest absolute Gasteiger partial charge is 0.412 e. The highest BCUT2D eigenvalue weighted by atomic mass is 127. The number of likely N-dealkylation sites (tertiary alicyclic amines) is 1. The summed E-state index contributed by atoms with van der Waals surface area (Å²) in [5, 5.41) is 10.1. The summed E-state index contributed by atoms with van der Waals surface area (Å²) < 4.78 is 0. The number of nitrogens with zero attached hydrogens (tertiary/aromatic N) is 1. The Morgan fingerprint density at radius 3 is 2.78 bits per heavy atom. The van der Waals surface area contributed by atoms with Crippen molar-refractivity contribution in [2.75, 3.05) is 13.6 Å². The summed E-state index contributed by atoms with van der Waals surface area (Å²) in [4.78, 5) is 2.09. The molecule has 3 atom stereocenters. The van der Waals surface area contributed by atoms with Crippen LogP contribution in [0.2, 0.25) is 0 Å². The Morgan fingerprint density at radius 2 is 2.00 bits per heavy atom. The Morgan fingerprint density at radius 1 is 1.28 bits per heavy atom. The Labute approximate surface area is 126 Å². The second-order valence-corrected chi connectivity index (χ2v) is 5.18. The molecule has 0 aromatic heterocycles. The van der Waals surface area contributed by atoms with E-state index in [-0.39, 0.29) is 35.7 Å². The van der Waals surface area contributed by atoms with E-state index in [2.05, 4.69) is 29.2 Å². The van der Waals surface area contributed by atoms with Crippen LogP contribution in [0.4, 0.5) is 0 Å². The number of fused-ring (bicyclic) bond motifs is 2. The number of rotatable bonds is 0. The van der Waals surface area contributed by atoms with Crippen molar-refractivity contribution in [2.24, 2.45) is 11.8 Å². The van der Waals surface area contributed by atoms with Gasteiger partial charge in [0.2, 0.25) is 0 Å². The molecule has 2 unspecified atom stereocenters. The van der Waals surface area contributed by atoms with Crippen molar-refractivity contribution >= 4 is 24.0 Å². The number of hydrogen-bond donors (Lipinski definition) is 1. The average Bonchev–Trinajstić information content (AvgIpc) is 2.51. The first-order valence-electron chi connectivity index (χ1n) is 6.22. The number of allylic oxidation sites excluding steroid dienone is 5. The number of halogens is 1. The standard InChI is InChI=1S/C14H19NO.HI.H2O/c1-15-9-13-11-6-4-2-3-5-10(11)7-8-12(13)14(15)16;;/h3-6,12-14,16H,2,7-9H2,1H3;1H;1H2/t12?,13?,14-;;/m0../s1. The first-order valence-corrected chi connectivity index (χ1v) is 6.22. The van der Waals surface area contributed by atoms with Gasteiger partial charge in [-0.2, -0.15) is 0 Å². The van der Waals surface area contributed by atoms with E-state index in [1.807, 2.05) is 7.05 Å². The minimum absolute atomic E-state index is 0. The molecule has 3 aliphatic rings. The zero-order chi connectivity index (χ0) is 11.1. The molecule has 0 saturated carbocycles. The Hall–Kier alpha value is -0.170. The van der Waals surface area contributed by atoms with Crippen molar-refractivity contribution in [1.29, 1.82) is 0 Å². The zero-order valence-corrected chi connectivity index (χ0v) is 13.0. The van der Waals surface area contributed by atoms with Gasteiger partial charge in [-0.1, -0.05) is 24.3 Å². The molecule has 0 aromatic rings. The van der Waals surface area contributed by atoms with Crippen LogP contribution >= 0.6 is 24.0 Å². The van der Waals surface area contributed by atoms with Crippen LogP contribution in [0.1, 0.15) is 19.3 Å². The second-order valence-electron chi connectivity index (χ2n) is 5.18.